The first-order valence-corrected chi connectivity index (χ1v) is 10.8. The summed E-state index contributed by atoms with van der Waals surface area (Å²) in [6.45, 7) is 8.35. The van der Waals surface area contributed by atoms with Gasteiger partial charge in [0.05, 0.1) is 0 Å². The second-order valence-corrected chi connectivity index (χ2v) is 9.10. The molecule has 0 heterocycles. The van der Waals surface area contributed by atoms with Crippen LogP contribution in [-0.4, -0.2) is 40.4 Å². The van der Waals surface area contributed by atoms with E-state index in [9.17, 15) is 19.6 Å². The van der Waals surface area contributed by atoms with Crippen molar-refractivity contribution < 1.29 is 23.9 Å². The lowest BCUT2D eigenvalue weighted by atomic mass is 9.90. The Kier molecular flexibility index (Phi) is 9.32. The number of rotatable bonds is 8. The molecule has 0 saturated carbocycles. The van der Waals surface area contributed by atoms with Gasteiger partial charge in [-0.3, -0.25) is 9.59 Å². The fourth-order valence-electron chi connectivity index (χ4n) is 2.50. The molecule has 1 aromatic rings. The van der Waals surface area contributed by atoms with Crippen LogP contribution in [0.5, 0.6) is 0 Å². The van der Waals surface area contributed by atoms with Crippen LogP contribution < -0.4 is 5.32 Å². The molecule has 0 aliphatic rings. The SMILES string of the molecule is CC(C)C(OC(=O)CBr)C(=O)NC(C#N)(Cc1ccc(Cl)cc1)C(=O)OC(C)(C)C. The molecule has 164 valence electrons. The first-order chi connectivity index (χ1) is 13.8. The highest BCUT2D eigenvalue weighted by Crippen LogP contribution is 2.22. The van der Waals surface area contributed by atoms with E-state index < -0.39 is 41.0 Å². The zero-order valence-corrected chi connectivity index (χ0v) is 20.0. The molecule has 9 heteroatoms. The van der Waals surface area contributed by atoms with Crippen molar-refractivity contribution in [2.75, 3.05) is 5.33 Å². The molecule has 0 fully saturated rings. The Morgan fingerprint density at radius 1 is 1.20 bits per heavy atom. The first-order valence-electron chi connectivity index (χ1n) is 9.30. The molecule has 0 aliphatic heterocycles. The number of amides is 1. The number of benzene rings is 1. The fourth-order valence-corrected chi connectivity index (χ4v) is 2.76. The summed E-state index contributed by atoms with van der Waals surface area (Å²) in [7, 11) is 0. The molecular formula is C21H26BrClN2O5. The van der Waals surface area contributed by atoms with Crippen molar-refractivity contribution in [3.8, 4) is 6.07 Å². The minimum Gasteiger partial charge on any atom is -0.457 e. The first kappa shape index (κ1) is 25.9. The summed E-state index contributed by atoms with van der Waals surface area (Å²) < 4.78 is 10.6. The Morgan fingerprint density at radius 3 is 2.20 bits per heavy atom. The van der Waals surface area contributed by atoms with Crippen LogP contribution in [0.25, 0.3) is 0 Å². The molecule has 0 bridgehead atoms. The number of esters is 2. The number of nitriles is 1. The normalized spacial score (nSPS) is 14.2. The number of halogens is 2. The highest BCUT2D eigenvalue weighted by Gasteiger charge is 2.46. The maximum absolute atomic E-state index is 13.0. The zero-order chi connectivity index (χ0) is 23.1. The van der Waals surface area contributed by atoms with Crippen LogP contribution in [0.3, 0.4) is 0 Å². The second-order valence-electron chi connectivity index (χ2n) is 8.10. The third-order valence-corrected chi connectivity index (χ3v) is 4.60. The van der Waals surface area contributed by atoms with E-state index in [-0.39, 0.29) is 11.8 Å². The number of hydrogen-bond acceptors (Lipinski definition) is 6. The highest BCUT2D eigenvalue weighted by atomic mass is 79.9. The van der Waals surface area contributed by atoms with E-state index in [0.717, 1.165) is 0 Å². The van der Waals surface area contributed by atoms with Crippen LogP contribution in [0.4, 0.5) is 0 Å². The van der Waals surface area contributed by atoms with E-state index in [1.165, 1.54) is 0 Å². The average Bonchev–Trinajstić information content (AvgIpc) is 2.65. The predicted molar refractivity (Wildman–Crippen MR) is 116 cm³/mol. The van der Waals surface area contributed by atoms with Crippen LogP contribution in [0.15, 0.2) is 24.3 Å². The van der Waals surface area contributed by atoms with Crippen LogP contribution in [0.1, 0.15) is 40.2 Å². The lowest BCUT2D eigenvalue weighted by molar-refractivity contribution is -0.164. The standard InChI is InChI=1S/C21H26BrClN2O5/c1-13(2)17(29-16(26)11-22)18(27)25-21(12-24,19(28)30-20(3,4)5)10-14-6-8-15(23)9-7-14/h6-9,13,17H,10-11H2,1-5H3,(H,25,27). The fraction of sp³-hybridized carbons (Fsp3) is 0.524. The van der Waals surface area contributed by atoms with Crippen LogP contribution >= 0.6 is 27.5 Å². The van der Waals surface area contributed by atoms with Gasteiger partial charge in [0.1, 0.15) is 17.0 Å². The number of carbonyl (C=O) groups excluding carboxylic acids is 3. The van der Waals surface area contributed by atoms with Crippen molar-refractivity contribution in [2.24, 2.45) is 5.92 Å². The van der Waals surface area contributed by atoms with Gasteiger partial charge in [-0.2, -0.15) is 5.26 Å². The number of nitrogens with zero attached hydrogens (tertiary/aromatic N) is 1. The van der Waals surface area contributed by atoms with Crippen molar-refractivity contribution in [2.45, 2.75) is 58.3 Å². The molecule has 1 amide bonds. The maximum Gasteiger partial charge on any atom is 0.347 e. The Bertz CT molecular complexity index is 814. The van der Waals surface area contributed by atoms with E-state index in [2.05, 4.69) is 21.2 Å². The molecule has 7 nitrogen and oxygen atoms in total. The molecule has 1 rings (SSSR count). The van der Waals surface area contributed by atoms with Gasteiger partial charge in [0.15, 0.2) is 6.10 Å². The van der Waals surface area contributed by atoms with E-state index in [1.807, 2.05) is 6.07 Å². The summed E-state index contributed by atoms with van der Waals surface area (Å²) in [5.41, 5.74) is -2.32. The molecule has 0 spiro atoms. The van der Waals surface area contributed by atoms with Crippen molar-refractivity contribution >= 4 is 45.4 Å². The monoisotopic (exact) mass is 500 g/mol. The minimum absolute atomic E-state index is 0.0935. The van der Waals surface area contributed by atoms with Crippen molar-refractivity contribution in [3.63, 3.8) is 0 Å². The lowest BCUT2D eigenvalue weighted by Gasteiger charge is -2.32. The zero-order valence-electron chi connectivity index (χ0n) is 17.6. The number of nitrogens with one attached hydrogen (secondary N) is 1. The van der Waals surface area contributed by atoms with E-state index >= 15 is 0 Å². The third-order valence-electron chi connectivity index (χ3n) is 3.89. The van der Waals surface area contributed by atoms with Gasteiger partial charge >= 0.3 is 11.9 Å². The summed E-state index contributed by atoms with van der Waals surface area (Å²) in [5, 5.41) is 12.8. The lowest BCUT2D eigenvalue weighted by Crippen LogP contribution is -2.60. The van der Waals surface area contributed by atoms with Crippen LogP contribution in [0, 0.1) is 17.2 Å². The molecule has 1 N–H and O–H groups in total. The van der Waals surface area contributed by atoms with E-state index in [4.69, 9.17) is 21.1 Å². The van der Waals surface area contributed by atoms with Gasteiger partial charge in [-0.05, 0) is 44.4 Å². The number of alkyl halides is 1. The van der Waals surface area contributed by atoms with Crippen molar-refractivity contribution in [1.29, 1.82) is 5.26 Å². The quantitative estimate of drug-likeness (QED) is 0.431. The number of ether oxygens (including phenoxy) is 2. The summed E-state index contributed by atoms with van der Waals surface area (Å²) in [5.74, 6) is -2.70. The van der Waals surface area contributed by atoms with Crippen molar-refractivity contribution in [3.05, 3.63) is 34.9 Å². The molecule has 0 saturated heterocycles. The van der Waals surface area contributed by atoms with Crippen molar-refractivity contribution in [1.82, 2.24) is 5.32 Å². The molecule has 0 radical (unpaired) electrons. The third kappa shape index (κ3) is 7.62. The average molecular weight is 502 g/mol. The maximum atomic E-state index is 13.0. The molecule has 0 aliphatic carbocycles. The molecule has 2 unspecified atom stereocenters. The predicted octanol–water partition coefficient (Wildman–Crippen LogP) is 3.57. The summed E-state index contributed by atoms with van der Waals surface area (Å²) in [4.78, 5) is 37.6. The van der Waals surface area contributed by atoms with Gasteiger partial charge < -0.3 is 14.8 Å². The Balaban J connectivity index is 3.31. The Labute approximate surface area is 190 Å². The highest BCUT2D eigenvalue weighted by molar-refractivity contribution is 9.09. The molecule has 0 aromatic heterocycles. The molecule has 30 heavy (non-hydrogen) atoms. The molecular weight excluding hydrogens is 476 g/mol. The Hall–Kier alpha value is -2.11. The largest absolute Gasteiger partial charge is 0.457 e. The van der Waals surface area contributed by atoms with Gasteiger partial charge in [0.2, 0.25) is 5.54 Å². The van der Waals surface area contributed by atoms with Gasteiger partial charge in [0.25, 0.3) is 5.91 Å². The van der Waals surface area contributed by atoms with Crippen LogP contribution in [0.2, 0.25) is 5.02 Å². The van der Waals surface area contributed by atoms with Gasteiger partial charge in [-0.15, -0.1) is 0 Å². The second kappa shape index (κ2) is 10.8. The molecule has 1 aromatic carbocycles. The smallest absolute Gasteiger partial charge is 0.347 e. The summed E-state index contributed by atoms with van der Waals surface area (Å²) in [6, 6.07) is 8.43. The number of hydrogen-bond donors (Lipinski definition) is 1. The van der Waals surface area contributed by atoms with Gasteiger partial charge in [-0.25, -0.2) is 4.79 Å². The van der Waals surface area contributed by atoms with Crippen LogP contribution in [-0.2, 0) is 30.3 Å². The minimum atomic E-state index is -2.02. The summed E-state index contributed by atoms with van der Waals surface area (Å²) in [6.07, 6.45) is -1.34. The topological polar surface area (TPSA) is 105 Å². The van der Waals surface area contributed by atoms with Gasteiger partial charge in [-0.1, -0.05) is 53.5 Å². The summed E-state index contributed by atoms with van der Waals surface area (Å²) >= 11 is 8.89. The Morgan fingerprint density at radius 2 is 1.77 bits per heavy atom. The molecule has 2 atom stereocenters. The van der Waals surface area contributed by atoms with Gasteiger partial charge in [0, 0.05) is 11.4 Å². The number of carbonyl (C=O) groups is 3. The van der Waals surface area contributed by atoms with E-state index in [0.29, 0.717) is 10.6 Å². The van der Waals surface area contributed by atoms with E-state index in [1.54, 1.807) is 58.9 Å².